The van der Waals surface area contributed by atoms with E-state index in [9.17, 15) is 4.39 Å². The molecule has 0 saturated carbocycles. The number of furan rings is 1. The van der Waals surface area contributed by atoms with Gasteiger partial charge in [-0.3, -0.25) is 0 Å². The van der Waals surface area contributed by atoms with E-state index in [1.807, 2.05) is 18.2 Å². The van der Waals surface area contributed by atoms with Gasteiger partial charge in [-0.1, -0.05) is 23.7 Å². The molecule has 3 aromatic rings. The zero-order chi connectivity index (χ0) is 14.8. The summed E-state index contributed by atoms with van der Waals surface area (Å²) in [6.45, 7) is 0.391. The van der Waals surface area contributed by atoms with Crippen molar-refractivity contribution in [1.29, 1.82) is 0 Å². The highest BCUT2D eigenvalue weighted by Crippen LogP contribution is 2.34. The SMILES string of the molecule is NCCc1cc(F)c(Cl)cc1Oc1cccc2ccoc12. The van der Waals surface area contributed by atoms with Crippen LogP contribution < -0.4 is 10.5 Å². The van der Waals surface area contributed by atoms with Crippen LogP contribution in [0, 0.1) is 5.82 Å². The molecule has 2 aromatic carbocycles. The molecule has 0 bridgehead atoms. The van der Waals surface area contributed by atoms with Crippen LogP contribution in [-0.4, -0.2) is 6.54 Å². The zero-order valence-corrected chi connectivity index (χ0v) is 11.9. The molecule has 1 aromatic heterocycles. The smallest absolute Gasteiger partial charge is 0.176 e. The van der Waals surface area contributed by atoms with Crippen LogP contribution in [0.3, 0.4) is 0 Å². The third kappa shape index (κ3) is 2.73. The first-order valence-corrected chi connectivity index (χ1v) is 6.89. The fourth-order valence-electron chi connectivity index (χ4n) is 2.18. The van der Waals surface area contributed by atoms with Crippen molar-refractivity contribution in [1.82, 2.24) is 0 Å². The van der Waals surface area contributed by atoms with Gasteiger partial charge < -0.3 is 14.9 Å². The predicted octanol–water partition coefficient (Wildman–Crippen LogP) is 4.52. The minimum Gasteiger partial charge on any atom is -0.460 e. The average molecular weight is 306 g/mol. The van der Waals surface area contributed by atoms with Gasteiger partial charge in [-0.2, -0.15) is 0 Å². The van der Waals surface area contributed by atoms with E-state index in [0.717, 1.165) is 5.39 Å². The normalized spacial score (nSPS) is 11.0. The van der Waals surface area contributed by atoms with E-state index in [4.69, 9.17) is 26.5 Å². The number of benzene rings is 2. The first kappa shape index (κ1) is 13.9. The van der Waals surface area contributed by atoms with Crippen LogP contribution in [-0.2, 0) is 6.42 Å². The van der Waals surface area contributed by atoms with Crippen molar-refractivity contribution in [3.63, 3.8) is 0 Å². The number of rotatable bonds is 4. The number of nitrogens with two attached hydrogens (primary N) is 1. The molecule has 0 aliphatic rings. The Bertz CT molecular complexity index is 785. The molecule has 5 heteroatoms. The van der Waals surface area contributed by atoms with Crippen molar-refractivity contribution in [2.75, 3.05) is 6.54 Å². The van der Waals surface area contributed by atoms with Crippen LogP contribution in [0.4, 0.5) is 4.39 Å². The molecule has 108 valence electrons. The van der Waals surface area contributed by atoms with Crippen LogP contribution in [0.15, 0.2) is 47.1 Å². The van der Waals surface area contributed by atoms with Gasteiger partial charge >= 0.3 is 0 Å². The minimum atomic E-state index is -0.483. The van der Waals surface area contributed by atoms with Crippen molar-refractivity contribution in [3.05, 3.63) is 59.1 Å². The summed E-state index contributed by atoms with van der Waals surface area (Å²) in [5.74, 6) is 0.554. The van der Waals surface area contributed by atoms with Crippen LogP contribution in [0.25, 0.3) is 11.0 Å². The van der Waals surface area contributed by atoms with Gasteiger partial charge in [-0.15, -0.1) is 0 Å². The van der Waals surface area contributed by atoms with Crippen LogP contribution >= 0.6 is 11.6 Å². The Labute approximate surface area is 126 Å². The number of hydrogen-bond acceptors (Lipinski definition) is 3. The van der Waals surface area contributed by atoms with Crippen molar-refractivity contribution in [2.24, 2.45) is 5.73 Å². The third-order valence-corrected chi connectivity index (χ3v) is 3.47. The zero-order valence-electron chi connectivity index (χ0n) is 11.1. The Hall–Kier alpha value is -2.04. The van der Waals surface area contributed by atoms with Gasteiger partial charge in [0.1, 0.15) is 11.6 Å². The second-order valence-corrected chi connectivity index (χ2v) is 5.02. The van der Waals surface area contributed by atoms with Gasteiger partial charge in [-0.25, -0.2) is 4.39 Å². The predicted molar refractivity (Wildman–Crippen MR) is 80.5 cm³/mol. The van der Waals surface area contributed by atoms with E-state index in [1.54, 1.807) is 12.3 Å². The molecule has 0 atom stereocenters. The molecule has 0 unspecified atom stereocenters. The summed E-state index contributed by atoms with van der Waals surface area (Å²) in [6, 6.07) is 10.2. The quantitative estimate of drug-likeness (QED) is 0.771. The van der Waals surface area contributed by atoms with E-state index in [1.165, 1.54) is 12.1 Å². The van der Waals surface area contributed by atoms with Crippen LogP contribution in [0.2, 0.25) is 5.02 Å². The van der Waals surface area contributed by atoms with Crippen molar-refractivity contribution >= 4 is 22.6 Å². The number of fused-ring (bicyclic) bond motifs is 1. The van der Waals surface area contributed by atoms with E-state index in [-0.39, 0.29) is 5.02 Å². The highest BCUT2D eigenvalue weighted by molar-refractivity contribution is 6.30. The molecular formula is C16H13ClFNO2. The Morgan fingerprint density at radius 3 is 2.86 bits per heavy atom. The molecule has 21 heavy (non-hydrogen) atoms. The number of hydrogen-bond donors (Lipinski definition) is 1. The number of halogens is 2. The number of para-hydroxylation sites is 1. The fourth-order valence-corrected chi connectivity index (χ4v) is 2.33. The summed E-state index contributed by atoms with van der Waals surface area (Å²) in [4.78, 5) is 0. The largest absolute Gasteiger partial charge is 0.460 e. The van der Waals surface area contributed by atoms with E-state index < -0.39 is 5.82 Å². The van der Waals surface area contributed by atoms with Gasteiger partial charge in [-0.05, 0) is 36.7 Å². The second kappa shape index (κ2) is 5.76. The standard InChI is InChI=1S/C16H13ClFNO2/c17-12-9-15(11(4-6-19)8-13(12)18)21-14-3-1-2-10-5-7-20-16(10)14/h1-3,5,7-9H,4,6,19H2. The lowest BCUT2D eigenvalue weighted by molar-refractivity contribution is 0.465. The molecule has 0 fully saturated rings. The van der Waals surface area contributed by atoms with Gasteiger partial charge in [0.25, 0.3) is 0 Å². The summed E-state index contributed by atoms with van der Waals surface area (Å²) < 4.78 is 24.9. The molecule has 0 saturated heterocycles. The first-order valence-electron chi connectivity index (χ1n) is 6.51. The molecule has 2 N–H and O–H groups in total. The molecule has 0 radical (unpaired) electrons. The minimum absolute atomic E-state index is 0.0115. The highest BCUT2D eigenvalue weighted by atomic mass is 35.5. The Morgan fingerprint density at radius 2 is 2.05 bits per heavy atom. The average Bonchev–Trinajstić information content (AvgIpc) is 2.94. The lowest BCUT2D eigenvalue weighted by Crippen LogP contribution is -2.04. The lowest BCUT2D eigenvalue weighted by Gasteiger charge is -2.12. The van der Waals surface area contributed by atoms with Crippen molar-refractivity contribution < 1.29 is 13.5 Å². The third-order valence-electron chi connectivity index (χ3n) is 3.18. The molecule has 1 heterocycles. The van der Waals surface area contributed by atoms with E-state index in [0.29, 0.717) is 35.6 Å². The molecule has 0 amide bonds. The molecule has 3 rings (SSSR count). The van der Waals surface area contributed by atoms with Crippen LogP contribution in [0.5, 0.6) is 11.5 Å². The Morgan fingerprint density at radius 1 is 1.19 bits per heavy atom. The summed E-state index contributed by atoms with van der Waals surface area (Å²) >= 11 is 5.84. The molecular weight excluding hydrogens is 293 g/mol. The van der Waals surface area contributed by atoms with E-state index >= 15 is 0 Å². The first-order chi connectivity index (χ1) is 10.2. The molecule has 0 aliphatic carbocycles. The van der Waals surface area contributed by atoms with Crippen molar-refractivity contribution in [3.8, 4) is 11.5 Å². The van der Waals surface area contributed by atoms with Gasteiger partial charge in [0.2, 0.25) is 0 Å². The van der Waals surface area contributed by atoms with Crippen LogP contribution in [0.1, 0.15) is 5.56 Å². The fraction of sp³-hybridized carbons (Fsp3) is 0.125. The lowest BCUT2D eigenvalue weighted by atomic mass is 10.1. The summed E-state index contributed by atoms with van der Waals surface area (Å²) in [5, 5.41) is 0.943. The molecule has 3 nitrogen and oxygen atoms in total. The summed E-state index contributed by atoms with van der Waals surface area (Å²) in [7, 11) is 0. The van der Waals surface area contributed by atoms with Gasteiger partial charge in [0.05, 0.1) is 11.3 Å². The summed E-state index contributed by atoms with van der Waals surface area (Å²) in [6.07, 6.45) is 2.09. The molecule has 0 aliphatic heterocycles. The maximum atomic E-state index is 13.6. The highest BCUT2D eigenvalue weighted by Gasteiger charge is 2.13. The number of ether oxygens (including phenoxy) is 1. The Kier molecular flexibility index (Phi) is 3.82. The topological polar surface area (TPSA) is 48.4 Å². The Balaban J connectivity index is 2.04. The maximum absolute atomic E-state index is 13.6. The van der Waals surface area contributed by atoms with Gasteiger partial charge in [0.15, 0.2) is 11.3 Å². The second-order valence-electron chi connectivity index (χ2n) is 4.61. The summed E-state index contributed by atoms with van der Waals surface area (Å²) in [5.41, 5.74) is 6.86. The van der Waals surface area contributed by atoms with Crippen molar-refractivity contribution in [2.45, 2.75) is 6.42 Å². The molecule has 0 spiro atoms. The van der Waals surface area contributed by atoms with E-state index in [2.05, 4.69) is 0 Å². The monoisotopic (exact) mass is 305 g/mol. The van der Waals surface area contributed by atoms with Gasteiger partial charge in [0, 0.05) is 11.5 Å². The maximum Gasteiger partial charge on any atom is 0.176 e.